The number of hydrogen-bond acceptors (Lipinski definition) is 1. The van der Waals surface area contributed by atoms with Crippen LogP contribution in [0.2, 0.25) is 0 Å². The summed E-state index contributed by atoms with van der Waals surface area (Å²) in [6.45, 7) is 3.63. The van der Waals surface area contributed by atoms with Gasteiger partial charge in [0.15, 0.2) is 0 Å². The monoisotopic (exact) mass is 221 g/mol. The molecule has 1 fully saturated rings. The summed E-state index contributed by atoms with van der Waals surface area (Å²) >= 11 is 0. The molecule has 16 heavy (non-hydrogen) atoms. The van der Waals surface area contributed by atoms with Crippen LogP contribution in [0, 0.1) is 25.6 Å². The largest absolute Gasteiger partial charge is 0.324 e. The molecule has 1 aromatic carbocycles. The molecule has 1 saturated carbocycles. The minimum atomic E-state index is -0.0950. The van der Waals surface area contributed by atoms with Gasteiger partial charge in [-0.3, -0.25) is 0 Å². The van der Waals surface area contributed by atoms with Crippen molar-refractivity contribution in [3.63, 3.8) is 0 Å². The normalized spacial score (nSPS) is 19.0. The Morgan fingerprint density at radius 3 is 2.19 bits per heavy atom. The van der Waals surface area contributed by atoms with E-state index in [0.717, 1.165) is 5.56 Å². The Bertz CT molecular complexity index is 357. The van der Waals surface area contributed by atoms with Crippen molar-refractivity contribution in [2.45, 2.75) is 45.6 Å². The van der Waals surface area contributed by atoms with Crippen molar-refractivity contribution in [1.82, 2.24) is 0 Å². The molecule has 2 N–H and O–H groups in total. The van der Waals surface area contributed by atoms with Gasteiger partial charge in [0, 0.05) is 6.04 Å². The van der Waals surface area contributed by atoms with Crippen LogP contribution in [-0.2, 0) is 0 Å². The maximum absolute atomic E-state index is 13.5. The molecule has 0 spiro atoms. The average molecular weight is 221 g/mol. The van der Waals surface area contributed by atoms with Gasteiger partial charge >= 0.3 is 0 Å². The predicted molar refractivity (Wildman–Crippen MR) is 64.8 cm³/mol. The third kappa shape index (κ3) is 2.12. The number of hydrogen-bond donors (Lipinski definition) is 1. The second-order valence-electron chi connectivity index (χ2n) is 5.04. The van der Waals surface area contributed by atoms with E-state index in [1.807, 2.05) is 26.0 Å². The van der Waals surface area contributed by atoms with Gasteiger partial charge in [-0.05, 0) is 49.3 Å². The van der Waals surface area contributed by atoms with E-state index in [2.05, 4.69) is 0 Å². The smallest absolute Gasteiger partial charge is 0.129 e. The Morgan fingerprint density at radius 2 is 1.69 bits per heavy atom. The summed E-state index contributed by atoms with van der Waals surface area (Å²) in [4.78, 5) is 0. The van der Waals surface area contributed by atoms with Crippen LogP contribution in [0.4, 0.5) is 4.39 Å². The quantitative estimate of drug-likeness (QED) is 0.810. The summed E-state index contributed by atoms with van der Waals surface area (Å²) in [6.07, 6.45) is 5.02. The second-order valence-corrected chi connectivity index (χ2v) is 5.04. The van der Waals surface area contributed by atoms with Crippen LogP contribution in [0.1, 0.15) is 48.4 Å². The third-order valence-corrected chi connectivity index (χ3v) is 3.75. The minimum Gasteiger partial charge on any atom is -0.324 e. The highest BCUT2D eigenvalue weighted by Gasteiger charge is 2.23. The molecule has 0 heterocycles. The number of nitrogens with two attached hydrogens (primary N) is 1. The van der Waals surface area contributed by atoms with E-state index >= 15 is 0 Å². The zero-order chi connectivity index (χ0) is 11.7. The Labute approximate surface area is 96.9 Å². The first-order valence-electron chi connectivity index (χ1n) is 6.12. The van der Waals surface area contributed by atoms with E-state index < -0.39 is 0 Å². The third-order valence-electron chi connectivity index (χ3n) is 3.75. The molecule has 1 aliphatic rings. The maximum Gasteiger partial charge on any atom is 0.129 e. The van der Waals surface area contributed by atoms with E-state index in [9.17, 15) is 4.39 Å². The highest BCUT2D eigenvalue weighted by atomic mass is 19.1. The summed E-state index contributed by atoms with van der Waals surface area (Å²) < 4.78 is 13.5. The van der Waals surface area contributed by atoms with Crippen LogP contribution in [0.15, 0.2) is 12.1 Å². The lowest BCUT2D eigenvalue weighted by molar-refractivity contribution is 0.443. The Kier molecular flexibility index (Phi) is 3.29. The van der Waals surface area contributed by atoms with Crippen LogP contribution in [-0.4, -0.2) is 0 Å². The fourth-order valence-corrected chi connectivity index (χ4v) is 2.76. The molecule has 1 atom stereocenters. The van der Waals surface area contributed by atoms with Crippen molar-refractivity contribution in [2.75, 3.05) is 0 Å². The van der Waals surface area contributed by atoms with E-state index in [-0.39, 0.29) is 11.9 Å². The molecule has 88 valence electrons. The molecule has 0 radical (unpaired) electrons. The fraction of sp³-hybridized carbons (Fsp3) is 0.571. The van der Waals surface area contributed by atoms with Gasteiger partial charge < -0.3 is 5.73 Å². The van der Waals surface area contributed by atoms with Gasteiger partial charge in [0.05, 0.1) is 0 Å². The van der Waals surface area contributed by atoms with Gasteiger partial charge in [-0.2, -0.15) is 0 Å². The molecule has 1 aliphatic carbocycles. The van der Waals surface area contributed by atoms with Crippen molar-refractivity contribution in [2.24, 2.45) is 11.7 Å². The first kappa shape index (κ1) is 11.6. The van der Waals surface area contributed by atoms with Crippen molar-refractivity contribution in [3.8, 4) is 0 Å². The van der Waals surface area contributed by atoms with E-state index in [0.29, 0.717) is 17.0 Å². The zero-order valence-electron chi connectivity index (χ0n) is 10.1. The summed E-state index contributed by atoms with van der Waals surface area (Å²) in [5, 5.41) is 0. The van der Waals surface area contributed by atoms with Crippen LogP contribution >= 0.6 is 0 Å². The molecular formula is C14H20FN. The summed E-state index contributed by atoms with van der Waals surface area (Å²) in [7, 11) is 0. The van der Waals surface area contributed by atoms with Gasteiger partial charge in [0.25, 0.3) is 0 Å². The lowest BCUT2D eigenvalue weighted by Crippen LogP contribution is -2.19. The topological polar surface area (TPSA) is 26.0 Å². The van der Waals surface area contributed by atoms with Gasteiger partial charge in [0.2, 0.25) is 0 Å². The summed E-state index contributed by atoms with van der Waals surface area (Å²) in [5.41, 5.74) is 8.79. The molecule has 1 unspecified atom stereocenters. The maximum atomic E-state index is 13.5. The molecule has 0 saturated heterocycles. The SMILES string of the molecule is Cc1cc(C(N)C2CCCC2)cc(C)c1F. The van der Waals surface area contributed by atoms with Gasteiger partial charge in [0.1, 0.15) is 5.82 Å². The van der Waals surface area contributed by atoms with Crippen LogP contribution in [0.25, 0.3) is 0 Å². The number of aryl methyl sites for hydroxylation is 2. The van der Waals surface area contributed by atoms with Gasteiger partial charge in [-0.25, -0.2) is 4.39 Å². The predicted octanol–water partition coefficient (Wildman–Crippen LogP) is 3.63. The van der Waals surface area contributed by atoms with Crippen molar-refractivity contribution in [1.29, 1.82) is 0 Å². The summed E-state index contributed by atoms with van der Waals surface area (Å²) in [6, 6.07) is 3.90. The molecule has 0 aromatic heterocycles. The van der Waals surface area contributed by atoms with Gasteiger partial charge in [-0.15, -0.1) is 0 Å². The van der Waals surface area contributed by atoms with E-state index in [1.54, 1.807) is 0 Å². The first-order chi connectivity index (χ1) is 7.59. The van der Waals surface area contributed by atoms with Crippen LogP contribution in [0.3, 0.4) is 0 Å². The second kappa shape index (κ2) is 4.54. The van der Waals surface area contributed by atoms with Crippen molar-refractivity contribution < 1.29 is 4.39 Å². The fourth-order valence-electron chi connectivity index (χ4n) is 2.76. The Morgan fingerprint density at radius 1 is 1.19 bits per heavy atom. The minimum absolute atomic E-state index is 0.0838. The lowest BCUT2D eigenvalue weighted by atomic mass is 9.90. The molecule has 0 bridgehead atoms. The van der Waals surface area contributed by atoms with Crippen LogP contribution in [0.5, 0.6) is 0 Å². The summed E-state index contributed by atoms with van der Waals surface area (Å²) in [5.74, 6) is 0.492. The van der Waals surface area contributed by atoms with Gasteiger partial charge in [-0.1, -0.05) is 25.0 Å². The molecule has 1 nitrogen and oxygen atoms in total. The molecule has 2 heteroatoms. The molecule has 0 amide bonds. The molecular weight excluding hydrogens is 201 g/mol. The Hall–Kier alpha value is -0.890. The number of benzene rings is 1. The lowest BCUT2D eigenvalue weighted by Gasteiger charge is -2.20. The highest BCUT2D eigenvalue weighted by Crippen LogP contribution is 2.34. The molecule has 2 rings (SSSR count). The number of rotatable bonds is 2. The van der Waals surface area contributed by atoms with E-state index in [1.165, 1.54) is 25.7 Å². The first-order valence-corrected chi connectivity index (χ1v) is 6.12. The van der Waals surface area contributed by atoms with Crippen molar-refractivity contribution in [3.05, 3.63) is 34.6 Å². The molecule has 1 aromatic rings. The Balaban J connectivity index is 2.26. The standard InChI is InChI=1S/C14H20FN/c1-9-7-12(8-10(2)13(9)15)14(16)11-5-3-4-6-11/h7-8,11,14H,3-6,16H2,1-2H3. The van der Waals surface area contributed by atoms with Crippen molar-refractivity contribution >= 4 is 0 Å². The number of halogens is 1. The average Bonchev–Trinajstić information content (AvgIpc) is 2.77. The van der Waals surface area contributed by atoms with Crippen LogP contribution < -0.4 is 5.73 Å². The van der Waals surface area contributed by atoms with E-state index in [4.69, 9.17) is 5.73 Å². The zero-order valence-corrected chi connectivity index (χ0v) is 10.1. The highest BCUT2D eigenvalue weighted by molar-refractivity contribution is 5.32. The molecule has 0 aliphatic heterocycles.